The summed E-state index contributed by atoms with van der Waals surface area (Å²) in [7, 11) is 0. The first kappa shape index (κ1) is 17.5. The van der Waals surface area contributed by atoms with Gasteiger partial charge in [-0.1, -0.05) is 24.3 Å². The molecule has 3 aromatic rings. The SMILES string of the molecule is Cc1ccccc1N1C(=O)CN(Cc2cccn2-c2ccccn2)C[C@H]1C. The van der Waals surface area contributed by atoms with Gasteiger partial charge in [0.15, 0.2) is 0 Å². The normalized spacial score (nSPS) is 18.1. The zero-order valence-corrected chi connectivity index (χ0v) is 15.7. The maximum atomic E-state index is 12.9. The molecule has 0 bridgehead atoms. The van der Waals surface area contributed by atoms with E-state index in [-0.39, 0.29) is 11.9 Å². The third kappa shape index (κ3) is 3.51. The van der Waals surface area contributed by atoms with Crippen LogP contribution in [0.1, 0.15) is 18.2 Å². The average Bonchev–Trinajstić information content (AvgIpc) is 3.11. The summed E-state index contributed by atoms with van der Waals surface area (Å²) in [6.45, 7) is 6.16. The molecule has 1 aliphatic heterocycles. The van der Waals surface area contributed by atoms with Gasteiger partial charge in [-0.3, -0.25) is 9.69 Å². The molecule has 0 saturated carbocycles. The molecule has 1 atom stereocenters. The number of para-hydroxylation sites is 1. The number of rotatable bonds is 4. The van der Waals surface area contributed by atoms with Crippen molar-refractivity contribution in [1.29, 1.82) is 0 Å². The van der Waals surface area contributed by atoms with Gasteiger partial charge in [0.1, 0.15) is 5.82 Å². The minimum absolute atomic E-state index is 0.130. The zero-order valence-electron chi connectivity index (χ0n) is 15.7. The second-order valence-corrected chi connectivity index (χ2v) is 7.13. The fourth-order valence-electron chi connectivity index (χ4n) is 3.85. The Bertz CT molecular complexity index is 934. The zero-order chi connectivity index (χ0) is 18.8. The topological polar surface area (TPSA) is 41.4 Å². The number of carbonyl (C=O) groups excluding carboxylic acids is 1. The van der Waals surface area contributed by atoms with E-state index < -0.39 is 0 Å². The van der Waals surface area contributed by atoms with E-state index in [1.807, 2.05) is 53.6 Å². The fourth-order valence-corrected chi connectivity index (χ4v) is 3.85. The van der Waals surface area contributed by atoms with Gasteiger partial charge in [-0.05, 0) is 49.7 Å². The lowest BCUT2D eigenvalue weighted by molar-refractivity contribution is -0.122. The van der Waals surface area contributed by atoms with Crippen LogP contribution in [-0.4, -0.2) is 39.5 Å². The van der Waals surface area contributed by atoms with E-state index in [0.717, 1.165) is 35.9 Å². The number of hydrogen-bond acceptors (Lipinski definition) is 3. The molecule has 0 radical (unpaired) electrons. The molecule has 138 valence electrons. The molecule has 2 aromatic heterocycles. The molecule has 5 nitrogen and oxygen atoms in total. The van der Waals surface area contributed by atoms with E-state index in [9.17, 15) is 4.79 Å². The molecule has 1 aliphatic rings. The molecule has 1 fully saturated rings. The third-order valence-corrected chi connectivity index (χ3v) is 5.08. The van der Waals surface area contributed by atoms with E-state index in [2.05, 4.69) is 40.4 Å². The molecule has 4 rings (SSSR count). The van der Waals surface area contributed by atoms with Gasteiger partial charge in [-0.25, -0.2) is 4.98 Å². The molecule has 1 amide bonds. The maximum Gasteiger partial charge on any atom is 0.241 e. The van der Waals surface area contributed by atoms with Crippen molar-refractivity contribution in [3.05, 3.63) is 78.2 Å². The summed E-state index contributed by atoms with van der Waals surface area (Å²) >= 11 is 0. The van der Waals surface area contributed by atoms with Crippen LogP contribution in [0.15, 0.2) is 67.0 Å². The van der Waals surface area contributed by atoms with Crippen molar-refractivity contribution in [1.82, 2.24) is 14.5 Å². The highest BCUT2D eigenvalue weighted by Crippen LogP contribution is 2.25. The second-order valence-electron chi connectivity index (χ2n) is 7.13. The maximum absolute atomic E-state index is 12.9. The number of amides is 1. The van der Waals surface area contributed by atoms with Crippen molar-refractivity contribution >= 4 is 11.6 Å². The number of benzene rings is 1. The van der Waals surface area contributed by atoms with Gasteiger partial charge in [-0.2, -0.15) is 0 Å². The highest BCUT2D eigenvalue weighted by Gasteiger charge is 2.31. The lowest BCUT2D eigenvalue weighted by atomic mass is 10.1. The van der Waals surface area contributed by atoms with Gasteiger partial charge in [0.2, 0.25) is 5.91 Å². The van der Waals surface area contributed by atoms with Crippen LogP contribution in [0.3, 0.4) is 0 Å². The molecule has 1 saturated heterocycles. The number of hydrogen-bond donors (Lipinski definition) is 0. The van der Waals surface area contributed by atoms with Crippen molar-refractivity contribution in [3.8, 4) is 5.82 Å². The van der Waals surface area contributed by atoms with Gasteiger partial charge in [-0.15, -0.1) is 0 Å². The minimum Gasteiger partial charge on any atom is -0.307 e. The standard InChI is InChI=1S/C22H24N4O/c1-17-8-3-4-10-20(17)26-18(2)14-24(16-22(26)27)15-19-9-7-13-25(19)21-11-5-6-12-23-21/h3-13,18H,14-16H2,1-2H3/t18-/m1/s1. The lowest BCUT2D eigenvalue weighted by Crippen LogP contribution is -2.55. The van der Waals surface area contributed by atoms with E-state index in [0.29, 0.717) is 6.54 Å². The summed E-state index contributed by atoms with van der Waals surface area (Å²) in [5, 5.41) is 0. The van der Waals surface area contributed by atoms with Crippen LogP contribution in [0.4, 0.5) is 5.69 Å². The van der Waals surface area contributed by atoms with E-state index in [4.69, 9.17) is 0 Å². The van der Waals surface area contributed by atoms with Crippen molar-refractivity contribution in [2.24, 2.45) is 0 Å². The molecule has 0 aliphatic carbocycles. The first-order chi connectivity index (χ1) is 13.1. The number of anilines is 1. The van der Waals surface area contributed by atoms with Gasteiger partial charge >= 0.3 is 0 Å². The van der Waals surface area contributed by atoms with Crippen LogP contribution in [0.2, 0.25) is 0 Å². The number of carbonyl (C=O) groups is 1. The van der Waals surface area contributed by atoms with Gasteiger partial charge in [0.05, 0.1) is 6.54 Å². The van der Waals surface area contributed by atoms with Crippen molar-refractivity contribution in [2.75, 3.05) is 18.0 Å². The Hall–Kier alpha value is -2.92. The van der Waals surface area contributed by atoms with E-state index in [1.54, 1.807) is 6.20 Å². The molecule has 5 heteroatoms. The van der Waals surface area contributed by atoms with Crippen molar-refractivity contribution in [2.45, 2.75) is 26.4 Å². The Balaban J connectivity index is 1.52. The van der Waals surface area contributed by atoms with Crippen molar-refractivity contribution < 1.29 is 4.79 Å². The summed E-state index contributed by atoms with van der Waals surface area (Å²) in [5.41, 5.74) is 3.29. The van der Waals surface area contributed by atoms with Crippen LogP contribution in [0.25, 0.3) is 5.82 Å². The first-order valence-electron chi connectivity index (χ1n) is 9.31. The molecular weight excluding hydrogens is 336 g/mol. The van der Waals surface area contributed by atoms with Crippen LogP contribution in [-0.2, 0) is 11.3 Å². The number of piperazine rings is 1. The third-order valence-electron chi connectivity index (χ3n) is 5.08. The van der Waals surface area contributed by atoms with Crippen LogP contribution in [0.5, 0.6) is 0 Å². The monoisotopic (exact) mass is 360 g/mol. The number of nitrogens with zero attached hydrogens (tertiary/aromatic N) is 4. The lowest BCUT2D eigenvalue weighted by Gasteiger charge is -2.40. The highest BCUT2D eigenvalue weighted by molar-refractivity contribution is 5.96. The molecule has 0 N–H and O–H groups in total. The molecule has 1 aromatic carbocycles. The predicted octanol–water partition coefficient (Wildman–Crippen LogP) is 3.42. The summed E-state index contributed by atoms with van der Waals surface area (Å²) in [6.07, 6.45) is 3.82. The number of pyridine rings is 1. The molecule has 27 heavy (non-hydrogen) atoms. The van der Waals surface area contributed by atoms with Gasteiger partial charge < -0.3 is 9.47 Å². The Kier molecular flexibility index (Phi) is 4.77. The van der Waals surface area contributed by atoms with Crippen LogP contribution >= 0.6 is 0 Å². The predicted molar refractivity (Wildman–Crippen MR) is 107 cm³/mol. The molecule has 0 unspecified atom stereocenters. The second kappa shape index (κ2) is 7.37. The summed E-state index contributed by atoms with van der Waals surface area (Å²) in [5.74, 6) is 1.05. The van der Waals surface area contributed by atoms with Gasteiger partial charge in [0, 0.05) is 42.9 Å². The Labute approximate surface area is 159 Å². The van der Waals surface area contributed by atoms with E-state index >= 15 is 0 Å². The van der Waals surface area contributed by atoms with Gasteiger partial charge in [0.25, 0.3) is 0 Å². The van der Waals surface area contributed by atoms with Crippen LogP contribution in [0, 0.1) is 6.92 Å². The van der Waals surface area contributed by atoms with Crippen LogP contribution < -0.4 is 4.90 Å². The fraction of sp³-hybridized carbons (Fsp3) is 0.273. The molecule has 0 spiro atoms. The Morgan fingerprint density at radius 2 is 1.89 bits per heavy atom. The molecular formula is C22H24N4O. The number of aromatic nitrogens is 2. The first-order valence-corrected chi connectivity index (χ1v) is 9.31. The quantitative estimate of drug-likeness (QED) is 0.716. The smallest absolute Gasteiger partial charge is 0.241 e. The van der Waals surface area contributed by atoms with E-state index in [1.165, 1.54) is 0 Å². The van der Waals surface area contributed by atoms with Crippen molar-refractivity contribution in [3.63, 3.8) is 0 Å². The highest BCUT2D eigenvalue weighted by atomic mass is 16.2. The summed E-state index contributed by atoms with van der Waals surface area (Å²) in [6, 6.07) is 18.2. The summed E-state index contributed by atoms with van der Waals surface area (Å²) < 4.78 is 2.09. The molecule has 3 heterocycles. The average molecular weight is 360 g/mol. The number of aryl methyl sites for hydroxylation is 1. The summed E-state index contributed by atoms with van der Waals surface area (Å²) in [4.78, 5) is 21.5. The Morgan fingerprint density at radius 1 is 1.07 bits per heavy atom. The Morgan fingerprint density at radius 3 is 2.63 bits per heavy atom. The largest absolute Gasteiger partial charge is 0.307 e. The minimum atomic E-state index is 0.130.